The van der Waals surface area contributed by atoms with Gasteiger partial charge in [0.15, 0.2) is 0 Å². The molecule has 1 aromatic heterocycles. The van der Waals surface area contributed by atoms with Crippen LogP contribution < -0.4 is 4.90 Å². The Kier molecular flexibility index (Phi) is 6.60. The predicted molar refractivity (Wildman–Crippen MR) is 117 cm³/mol. The highest BCUT2D eigenvalue weighted by molar-refractivity contribution is 5.93. The first-order valence-electron chi connectivity index (χ1n) is 10.0. The lowest BCUT2D eigenvalue weighted by molar-refractivity contribution is 0.0684. The van der Waals surface area contributed by atoms with Gasteiger partial charge in [0.2, 0.25) is 0 Å². The van der Waals surface area contributed by atoms with Gasteiger partial charge in [-0.25, -0.2) is 9.97 Å². The Morgan fingerprint density at radius 1 is 0.966 bits per heavy atom. The van der Waals surface area contributed by atoms with Gasteiger partial charge in [-0.2, -0.15) is 0 Å². The lowest BCUT2D eigenvalue weighted by Crippen LogP contribution is -2.37. The summed E-state index contributed by atoms with van der Waals surface area (Å²) < 4.78 is 0. The van der Waals surface area contributed by atoms with Gasteiger partial charge in [0.25, 0.3) is 5.91 Å². The number of para-hydroxylation sites is 1. The maximum Gasteiger partial charge on any atom is 0.273 e. The maximum atomic E-state index is 13.4. The molecule has 150 valence electrons. The molecule has 3 rings (SSSR count). The molecule has 0 aliphatic rings. The van der Waals surface area contributed by atoms with E-state index in [0.717, 1.165) is 23.6 Å². The second kappa shape index (κ2) is 9.32. The van der Waals surface area contributed by atoms with E-state index in [4.69, 9.17) is 0 Å². The Balaban J connectivity index is 1.94. The van der Waals surface area contributed by atoms with Gasteiger partial charge in [-0.05, 0) is 45.4 Å². The number of anilines is 2. The number of carbonyl (C=O) groups is 1. The highest BCUT2D eigenvalue weighted by Crippen LogP contribution is 2.24. The zero-order chi connectivity index (χ0) is 20.8. The van der Waals surface area contributed by atoms with Crippen LogP contribution in [0.25, 0.3) is 0 Å². The van der Waals surface area contributed by atoms with Crippen LogP contribution in [0.2, 0.25) is 0 Å². The average molecular weight is 389 g/mol. The molecule has 5 nitrogen and oxygen atoms in total. The summed E-state index contributed by atoms with van der Waals surface area (Å²) in [5.41, 5.74) is 2.56. The molecule has 0 bridgehead atoms. The van der Waals surface area contributed by atoms with Crippen molar-refractivity contribution in [3.8, 4) is 0 Å². The van der Waals surface area contributed by atoms with Crippen molar-refractivity contribution < 1.29 is 4.79 Å². The average Bonchev–Trinajstić information content (AvgIpc) is 2.73. The molecule has 0 aliphatic heterocycles. The number of aromatic nitrogens is 2. The van der Waals surface area contributed by atoms with Gasteiger partial charge in [-0.15, -0.1) is 0 Å². The summed E-state index contributed by atoms with van der Waals surface area (Å²) in [6.45, 7) is 9.24. The van der Waals surface area contributed by atoms with Gasteiger partial charge in [-0.1, -0.05) is 48.5 Å². The number of carbonyl (C=O) groups excluding carboxylic acids is 1. The minimum absolute atomic E-state index is 0.0535. The fourth-order valence-corrected chi connectivity index (χ4v) is 3.30. The van der Waals surface area contributed by atoms with E-state index in [-0.39, 0.29) is 11.9 Å². The third kappa shape index (κ3) is 4.99. The Labute approximate surface area is 173 Å². The van der Waals surface area contributed by atoms with Crippen molar-refractivity contribution in [2.75, 3.05) is 11.4 Å². The largest absolute Gasteiger partial charge is 0.331 e. The minimum Gasteiger partial charge on any atom is -0.331 e. The lowest BCUT2D eigenvalue weighted by Gasteiger charge is -2.27. The van der Waals surface area contributed by atoms with E-state index in [1.54, 1.807) is 6.07 Å². The van der Waals surface area contributed by atoms with Crippen LogP contribution in [0.15, 0.2) is 66.7 Å². The molecule has 1 amide bonds. The number of benzene rings is 2. The summed E-state index contributed by atoms with van der Waals surface area (Å²) in [4.78, 5) is 26.3. The Hall–Kier alpha value is -3.21. The maximum absolute atomic E-state index is 13.4. The molecule has 0 aliphatic carbocycles. The molecule has 0 N–H and O–H groups in total. The molecular formula is C24H28N4O. The summed E-state index contributed by atoms with van der Waals surface area (Å²) in [7, 11) is 0. The fraction of sp³-hybridized carbons (Fsp3) is 0.292. The first kappa shape index (κ1) is 20.5. The van der Waals surface area contributed by atoms with Gasteiger partial charge >= 0.3 is 0 Å². The molecule has 0 radical (unpaired) electrons. The first-order chi connectivity index (χ1) is 14.0. The first-order valence-corrected chi connectivity index (χ1v) is 10.0. The number of hydrogen-bond donors (Lipinski definition) is 0. The standard InChI is InChI=1S/C24H28N4O/c1-5-27(21-14-10-7-11-15-21)23-16-22(25-19(4)26-23)24(29)28(18(2)3)17-20-12-8-6-9-13-20/h6-16,18H,5,17H2,1-4H3. The number of nitrogens with zero attached hydrogens (tertiary/aromatic N) is 4. The van der Waals surface area contributed by atoms with Gasteiger partial charge in [0, 0.05) is 30.9 Å². The van der Waals surface area contributed by atoms with E-state index in [9.17, 15) is 4.79 Å². The van der Waals surface area contributed by atoms with Crippen LogP contribution in [0.5, 0.6) is 0 Å². The molecule has 29 heavy (non-hydrogen) atoms. The normalized spacial score (nSPS) is 10.8. The topological polar surface area (TPSA) is 49.3 Å². The van der Waals surface area contributed by atoms with E-state index >= 15 is 0 Å². The molecule has 0 atom stereocenters. The monoisotopic (exact) mass is 388 g/mol. The smallest absolute Gasteiger partial charge is 0.273 e. The summed E-state index contributed by atoms with van der Waals surface area (Å²) in [5.74, 6) is 1.24. The van der Waals surface area contributed by atoms with E-state index < -0.39 is 0 Å². The van der Waals surface area contributed by atoms with Crippen LogP contribution in [0.1, 0.15) is 42.6 Å². The van der Waals surface area contributed by atoms with E-state index in [0.29, 0.717) is 18.1 Å². The molecule has 5 heteroatoms. The molecule has 0 saturated heterocycles. The fourth-order valence-electron chi connectivity index (χ4n) is 3.30. The van der Waals surface area contributed by atoms with Crippen molar-refractivity contribution in [1.82, 2.24) is 14.9 Å². The molecule has 0 unspecified atom stereocenters. The Morgan fingerprint density at radius 3 is 2.17 bits per heavy atom. The lowest BCUT2D eigenvalue weighted by atomic mass is 10.1. The van der Waals surface area contributed by atoms with Gasteiger partial charge in [0.05, 0.1) is 0 Å². The van der Waals surface area contributed by atoms with Crippen LogP contribution in [0.3, 0.4) is 0 Å². The van der Waals surface area contributed by atoms with Crippen LogP contribution in [0.4, 0.5) is 11.5 Å². The zero-order valence-electron chi connectivity index (χ0n) is 17.5. The molecule has 3 aromatic rings. The third-order valence-corrected chi connectivity index (χ3v) is 4.78. The van der Waals surface area contributed by atoms with E-state index in [2.05, 4.69) is 21.8 Å². The molecule has 0 spiro atoms. The number of aryl methyl sites for hydroxylation is 1. The van der Waals surface area contributed by atoms with E-state index in [1.165, 1.54) is 0 Å². The van der Waals surface area contributed by atoms with Crippen molar-refractivity contribution >= 4 is 17.4 Å². The molecule has 2 aromatic carbocycles. The minimum atomic E-state index is -0.0836. The second-order valence-electron chi connectivity index (χ2n) is 7.25. The number of hydrogen-bond acceptors (Lipinski definition) is 4. The number of rotatable bonds is 7. The summed E-state index contributed by atoms with van der Waals surface area (Å²) in [5, 5.41) is 0. The summed E-state index contributed by atoms with van der Waals surface area (Å²) >= 11 is 0. The quantitative estimate of drug-likeness (QED) is 0.572. The zero-order valence-corrected chi connectivity index (χ0v) is 17.5. The summed E-state index contributed by atoms with van der Waals surface area (Å²) in [6.07, 6.45) is 0. The van der Waals surface area contributed by atoms with Gasteiger partial charge in [-0.3, -0.25) is 4.79 Å². The van der Waals surface area contributed by atoms with Crippen molar-refractivity contribution in [2.45, 2.75) is 40.3 Å². The van der Waals surface area contributed by atoms with Gasteiger partial charge in [0.1, 0.15) is 17.3 Å². The predicted octanol–water partition coefficient (Wildman–Crippen LogP) is 4.99. The van der Waals surface area contributed by atoms with Crippen LogP contribution >= 0.6 is 0 Å². The highest BCUT2D eigenvalue weighted by Gasteiger charge is 2.22. The molecule has 0 saturated carbocycles. The third-order valence-electron chi connectivity index (χ3n) is 4.78. The van der Waals surface area contributed by atoms with Crippen molar-refractivity contribution in [3.63, 3.8) is 0 Å². The van der Waals surface area contributed by atoms with Crippen molar-refractivity contribution in [3.05, 3.63) is 83.8 Å². The SMILES string of the molecule is CCN(c1ccccc1)c1cc(C(=O)N(Cc2ccccc2)C(C)C)nc(C)n1. The van der Waals surface area contributed by atoms with Crippen LogP contribution in [-0.4, -0.2) is 33.4 Å². The molecule has 1 heterocycles. The Bertz CT molecular complexity index is 942. The van der Waals surface area contributed by atoms with Gasteiger partial charge < -0.3 is 9.80 Å². The highest BCUT2D eigenvalue weighted by atomic mass is 16.2. The van der Waals surface area contributed by atoms with Crippen LogP contribution in [0, 0.1) is 6.92 Å². The summed E-state index contributed by atoms with van der Waals surface area (Å²) in [6, 6.07) is 21.9. The Morgan fingerprint density at radius 2 is 1.59 bits per heavy atom. The second-order valence-corrected chi connectivity index (χ2v) is 7.25. The van der Waals surface area contributed by atoms with E-state index in [1.807, 2.05) is 86.3 Å². The van der Waals surface area contributed by atoms with Crippen molar-refractivity contribution in [1.29, 1.82) is 0 Å². The van der Waals surface area contributed by atoms with Crippen LogP contribution in [-0.2, 0) is 6.54 Å². The molecule has 0 fully saturated rings. The van der Waals surface area contributed by atoms with Crippen molar-refractivity contribution in [2.24, 2.45) is 0 Å². The number of amides is 1. The molecular weight excluding hydrogens is 360 g/mol.